The van der Waals surface area contributed by atoms with Crippen molar-refractivity contribution in [2.75, 3.05) is 12.0 Å². The first-order valence-electron chi connectivity index (χ1n) is 9.96. The van der Waals surface area contributed by atoms with E-state index in [2.05, 4.69) is 5.32 Å². The molecule has 0 saturated carbocycles. The molecular weight excluding hydrogens is 376 g/mol. The summed E-state index contributed by atoms with van der Waals surface area (Å²) in [5.41, 5.74) is 3.66. The summed E-state index contributed by atoms with van der Waals surface area (Å²) < 4.78 is 5.27. The molecule has 5 heteroatoms. The zero-order chi connectivity index (χ0) is 21.1. The van der Waals surface area contributed by atoms with Crippen molar-refractivity contribution in [1.29, 1.82) is 0 Å². The summed E-state index contributed by atoms with van der Waals surface area (Å²) in [7, 11) is 1.62. The van der Waals surface area contributed by atoms with Crippen LogP contribution in [0.15, 0.2) is 78.9 Å². The van der Waals surface area contributed by atoms with Crippen LogP contribution < -0.4 is 15.0 Å². The molecule has 1 saturated heterocycles. The van der Waals surface area contributed by atoms with Gasteiger partial charge in [0.25, 0.3) is 0 Å². The van der Waals surface area contributed by atoms with E-state index in [1.807, 2.05) is 73.7 Å². The summed E-state index contributed by atoms with van der Waals surface area (Å²) >= 11 is 0. The minimum atomic E-state index is -0.415. The van der Waals surface area contributed by atoms with Gasteiger partial charge in [0.2, 0.25) is 5.91 Å². The van der Waals surface area contributed by atoms with Gasteiger partial charge in [-0.2, -0.15) is 0 Å². The Morgan fingerprint density at radius 2 is 1.50 bits per heavy atom. The number of nitrogens with one attached hydrogen (secondary N) is 1. The summed E-state index contributed by atoms with van der Waals surface area (Å²) in [4.78, 5) is 27.6. The van der Waals surface area contributed by atoms with E-state index < -0.39 is 6.03 Å². The molecule has 2 atom stereocenters. The number of imide groups is 1. The number of rotatable bonds is 4. The van der Waals surface area contributed by atoms with Crippen LogP contribution in [0.25, 0.3) is 0 Å². The fraction of sp³-hybridized carbons (Fsp3) is 0.200. The monoisotopic (exact) mass is 400 g/mol. The largest absolute Gasteiger partial charge is 0.497 e. The molecule has 0 aliphatic carbocycles. The van der Waals surface area contributed by atoms with Gasteiger partial charge in [-0.3, -0.25) is 4.79 Å². The van der Waals surface area contributed by atoms with Crippen molar-refractivity contribution in [3.8, 4) is 5.75 Å². The van der Waals surface area contributed by atoms with Gasteiger partial charge < -0.3 is 10.1 Å². The Hall–Kier alpha value is -3.60. The van der Waals surface area contributed by atoms with Crippen LogP contribution >= 0.6 is 0 Å². The molecular formula is C25H24N2O3. The van der Waals surface area contributed by atoms with E-state index in [0.29, 0.717) is 5.69 Å². The number of hydrogen-bond donors (Lipinski definition) is 1. The molecule has 1 N–H and O–H groups in total. The lowest BCUT2D eigenvalue weighted by atomic mass is 9.84. The van der Waals surface area contributed by atoms with Crippen LogP contribution in [-0.4, -0.2) is 19.0 Å². The van der Waals surface area contributed by atoms with Crippen LogP contribution in [0.5, 0.6) is 5.75 Å². The molecule has 0 spiro atoms. The zero-order valence-corrected chi connectivity index (χ0v) is 17.0. The minimum Gasteiger partial charge on any atom is -0.497 e. The Kier molecular flexibility index (Phi) is 5.53. The van der Waals surface area contributed by atoms with E-state index in [-0.39, 0.29) is 24.3 Å². The Morgan fingerprint density at radius 1 is 0.867 bits per heavy atom. The number of benzene rings is 3. The third-order valence-electron chi connectivity index (χ3n) is 5.52. The van der Waals surface area contributed by atoms with E-state index in [1.165, 1.54) is 4.90 Å². The number of amides is 3. The highest BCUT2D eigenvalue weighted by Gasteiger charge is 2.37. The van der Waals surface area contributed by atoms with Crippen LogP contribution in [0.2, 0.25) is 0 Å². The van der Waals surface area contributed by atoms with Crippen LogP contribution in [0, 0.1) is 6.92 Å². The van der Waals surface area contributed by atoms with Crippen molar-refractivity contribution in [2.45, 2.75) is 25.3 Å². The van der Waals surface area contributed by atoms with E-state index in [0.717, 1.165) is 22.4 Å². The number of anilines is 1. The van der Waals surface area contributed by atoms with Crippen molar-refractivity contribution in [1.82, 2.24) is 5.32 Å². The molecule has 1 fully saturated rings. The normalized spacial score (nSPS) is 19.2. The quantitative estimate of drug-likeness (QED) is 0.672. The van der Waals surface area contributed by atoms with Crippen molar-refractivity contribution in [2.24, 2.45) is 0 Å². The minimum absolute atomic E-state index is 0.191. The molecule has 152 valence electrons. The maximum atomic E-state index is 13.2. The van der Waals surface area contributed by atoms with Gasteiger partial charge in [0.1, 0.15) is 5.75 Å². The van der Waals surface area contributed by atoms with Crippen LogP contribution in [0.3, 0.4) is 0 Å². The summed E-state index contributed by atoms with van der Waals surface area (Å²) in [6, 6.07) is 24.0. The third-order valence-corrected chi connectivity index (χ3v) is 5.52. The highest BCUT2D eigenvalue weighted by Crippen LogP contribution is 2.38. The molecule has 3 aromatic carbocycles. The second kappa shape index (κ2) is 8.41. The summed E-state index contributed by atoms with van der Waals surface area (Å²) in [5, 5.41) is 3.10. The van der Waals surface area contributed by atoms with Gasteiger partial charge in [0, 0.05) is 12.3 Å². The molecule has 0 unspecified atom stereocenters. The molecule has 3 amide bonds. The van der Waals surface area contributed by atoms with E-state index >= 15 is 0 Å². The van der Waals surface area contributed by atoms with Crippen LogP contribution in [0.1, 0.15) is 35.1 Å². The number of nitrogens with zero attached hydrogens (tertiary/aromatic N) is 1. The highest BCUT2D eigenvalue weighted by atomic mass is 16.5. The fourth-order valence-corrected chi connectivity index (χ4v) is 3.90. The Bertz CT molecular complexity index is 1030. The van der Waals surface area contributed by atoms with Gasteiger partial charge in [-0.1, -0.05) is 60.2 Å². The second-order valence-corrected chi connectivity index (χ2v) is 7.49. The molecule has 3 aromatic rings. The molecule has 1 heterocycles. The third kappa shape index (κ3) is 3.92. The molecule has 4 rings (SSSR count). The number of urea groups is 1. The first-order chi connectivity index (χ1) is 14.6. The number of ether oxygens (including phenoxy) is 1. The topological polar surface area (TPSA) is 58.6 Å². The Morgan fingerprint density at radius 3 is 2.13 bits per heavy atom. The van der Waals surface area contributed by atoms with Gasteiger partial charge in [0.05, 0.1) is 18.8 Å². The molecule has 0 radical (unpaired) electrons. The average Bonchev–Trinajstić information content (AvgIpc) is 2.90. The molecule has 0 bridgehead atoms. The van der Waals surface area contributed by atoms with E-state index in [1.54, 1.807) is 19.2 Å². The fourth-order valence-electron chi connectivity index (χ4n) is 3.90. The first-order valence-corrected chi connectivity index (χ1v) is 9.96. The summed E-state index contributed by atoms with van der Waals surface area (Å²) in [6.07, 6.45) is 0.216. The molecule has 1 aliphatic rings. The lowest BCUT2D eigenvalue weighted by Crippen LogP contribution is -2.42. The van der Waals surface area contributed by atoms with Crippen molar-refractivity contribution < 1.29 is 14.3 Å². The Labute approximate surface area is 176 Å². The van der Waals surface area contributed by atoms with Crippen molar-refractivity contribution >= 4 is 17.6 Å². The summed E-state index contributed by atoms with van der Waals surface area (Å²) in [6.45, 7) is 2.03. The Balaban J connectivity index is 1.77. The number of aryl methyl sites for hydroxylation is 1. The lowest BCUT2D eigenvalue weighted by Gasteiger charge is -2.26. The molecule has 5 nitrogen and oxygen atoms in total. The zero-order valence-electron chi connectivity index (χ0n) is 17.0. The van der Waals surface area contributed by atoms with Crippen molar-refractivity contribution in [3.63, 3.8) is 0 Å². The second-order valence-electron chi connectivity index (χ2n) is 7.49. The summed E-state index contributed by atoms with van der Waals surface area (Å²) in [5.74, 6) is 0.331. The average molecular weight is 400 g/mol. The van der Waals surface area contributed by atoms with Gasteiger partial charge in [-0.25, -0.2) is 9.69 Å². The molecule has 30 heavy (non-hydrogen) atoms. The van der Waals surface area contributed by atoms with Gasteiger partial charge in [-0.05, 0) is 42.3 Å². The number of carbonyl (C=O) groups is 2. The lowest BCUT2D eigenvalue weighted by molar-refractivity contribution is -0.118. The number of para-hydroxylation sites is 1. The predicted octanol–water partition coefficient (Wildman–Crippen LogP) is 4.98. The van der Waals surface area contributed by atoms with Gasteiger partial charge >= 0.3 is 6.03 Å². The SMILES string of the molecule is COc1ccc([C@@H]2NC(=O)N(c3ccccc3)C(=O)C[C@H]2c2ccc(C)cc2)cc1. The van der Waals surface area contributed by atoms with Crippen molar-refractivity contribution in [3.05, 3.63) is 95.6 Å². The van der Waals surface area contributed by atoms with Crippen LogP contribution in [0.4, 0.5) is 10.5 Å². The smallest absolute Gasteiger partial charge is 0.329 e. The van der Waals surface area contributed by atoms with Gasteiger partial charge in [0.15, 0.2) is 0 Å². The maximum Gasteiger partial charge on any atom is 0.329 e. The predicted molar refractivity (Wildman–Crippen MR) is 117 cm³/mol. The van der Waals surface area contributed by atoms with E-state index in [4.69, 9.17) is 4.74 Å². The number of carbonyl (C=O) groups excluding carboxylic acids is 2. The maximum absolute atomic E-state index is 13.2. The molecule has 1 aliphatic heterocycles. The first kappa shape index (κ1) is 19.7. The highest BCUT2D eigenvalue weighted by molar-refractivity contribution is 6.15. The number of hydrogen-bond acceptors (Lipinski definition) is 3. The van der Waals surface area contributed by atoms with E-state index in [9.17, 15) is 9.59 Å². The standard InChI is InChI=1S/C25H24N2O3/c1-17-8-10-18(11-9-17)22-16-23(28)27(20-6-4-3-5-7-20)25(29)26-24(22)19-12-14-21(30-2)15-13-19/h3-15,22,24H,16H2,1-2H3,(H,26,29)/t22-,24-/m0/s1. The van der Waals surface area contributed by atoms with Crippen LogP contribution in [-0.2, 0) is 4.79 Å². The van der Waals surface area contributed by atoms with Gasteiger partial charge in [-0.15, -0.1) is 0 Å². The molecule has 0 aromatic heterocycles. The number of methoxy groups -OCH3 is 1.